The fraction of sp³-hybridized carbons (Fsp3) is 0.417. The average Bonchev–Trinajstić information content (AvgIpc) is 2.18. The van der Waals surface area contributed by atoms with Crippen molar-refractivity contribution in [2.75, 3.05) is 0 Å². The summed E-state index contributed by atoms with van der Waals surface area (Å²) in [5.74, 6) is -1.24. The highest BCUT2D eigenvalue weighted by Gasteiger charge is 2.13. The van der Waals surface area contributed by atoms with Gasteiger partial charge in [0.1, 0.15) is 0 Å². The molecule has 1 aromatic rings. The normalized spacial score (nSPS) is 14.7. The number of carboxylic acids is 1. The minimum absolute atomic E-state index is 0.113. The van der Waals surface area contributed by atoms with Crippen molar-refractivity contribution >= 4 is 5.97 Å². The van der Waals surface area contributed by atoms with Crippen molar-refractivity contribution in [2.24, 2.45) is 11.8 Å². The first kappa shape index (κ1) is 10.8. The second kappa shape index (κ2) is 4.80. The molecule has 0 amide bonds. The zero-order valence-electron chi connectivity index (χ0n) is 8.57. The molecule has 2 atom stereocenters. The highest BCUT2D eigenvalue weighted by Crippen LogP contribution is 2.16. The summed E-state index contributed by atoms with van der Waals surface area (Å²) in [7, 11) is 0. The highest BCUT2D eigenvalue weighted by atomic mass is 16.4. The van der Waals surface area contributed by atoms with Gasteiger partial charge < -0.3 is 9.90 Å². The molecule has 0 saturated carbocycles. The van der Waals surface area contributed by atoms with Gasteiger partial charge in [0.2, 0.25) is 0 Å². The third-order valence-corrected chi connectivity index (χ3v) is 2.63. The van der Waals surface area contributed by atoms with Crippen LogP contribution in [0.15, 0.2) is 30.3 Å². The molecule has 76 valence electrons. The molecule has 0 unspecified atom stereocenters. The maximum atomic E-state index is 10.6. The smallest absolute Gasteiger partial charge is 0.0445 e. The average molecular weight is 191 g/mol. The molecule has 2 nitrogen and oxygen atoms in total. The quantitative estimate of drug-likeness (QED) is 0.718. The van der Waals surface area contributed by atoms with E-state index in [1.54, 1.807) is 6.92 Å². The lowest BCUT2D eigenvalue weighted by Crippen LogP contribution is -2.33. The van der Waals surface area contributed by atoms with Crippen molar-refractivity contribution in [3.63, 3.8) is 0 Å². The van der Waals surface area contributed by atoms with E-state index in [2.05, 4.69) is 0 Å². The Morgan fingerprint density at radius 3 is 2.36 bits per heavy atom. The van der Waals surface area contributed by atoms with Crippen molar-refractivity contribution in [1.82, 2.24) is 0 Å². The van der Waals surface area contributed by atoms with Gasteiger partial charge in [0.05, 0.1) is 0 Å². The van der Waals surface area contributed by atoms with Gasteiger partial charge in [0, 0.05) is 5.97 Å². The van der Waals surface area contributed by atoms with E-state index < -0.39 is 11.9 Å². The molecule has 2 heteroatoms. The molecule has 0 N–H and O–H groups in total. The van der Waals surface area contributed by atoms with Crippen LogP contribution in [0.5, 0.6) is 0 Å². The fourth-order valence-electron chi connectivity index (χ4n) is 1.39. The molecule has 0 radical (unpaired) electrons. The molecular weight excluding hydrogens is 176 g/mol. The Bertz CT molecular complexity index is 292. The van der Waals surface area contributed by atoms with Crippen molar-refractivity contribution in [3.8, 4) is 0 Å². The van der Waals surface area contributed by atoms with Gasteiger partial charge in [-0.3, -0.25) is 0 Å². The second-order valence-electron chi connectivity index (χ2n) is 3.77. The molecule has 0 spiro atoms. The Hall–Kier alpha value is -1.31. The Morgan fingerprint density at radius 2 is 1.86 bits per heavy atom. The third-order valence-electron chi connectivity index (χ3n) is 2.63. The van der Waals surface area contributed by atoms with Crippen molar-refractivity contribution in [3.05, 3.63) is 35.9 Å². The van der Waals surface area contributed by atoms with Crippen LogP contribution in [0.2, 0.25) is 0 Å². The van der Waals surface area contributed by atoms with Crippen LogP contribution in [-0.2, 0) is 11.2 Å². The molecule has 0 heterocycles. The number of benzene rings is 1. The number of carboxylic acid groups (broad SMARTS) is 1. The standard InChI is InChI=1S/C12H16O2/c1-9(10(2)12(13)14)8-11-6-4-3-5-7-11/h3-7,9-10H,8H2,1-2H3,(H,13,14)/p-1/t9-,10+/m0/s1. The van der Waals surface area contributed by atoms with Gasteiger partial charge in [-0.05, 0) is 23.8 Å². The van der Waals surface area contributed by atoms with Crippen molar-refractivity contribution in [1.29, 1.82) is 0 Å². The van der Waals surface area contributed by atoms with E-state index >= 15 is 0 Å². The first-order valence-corrected chi connectivity index (χ1v) is 4.86. The SMILES string of the molecule is C[C@@H](Cc1ccccc1)[C@@H](C)C(=O)[O-]. The van der Waals surface area contributed by atoms with E-state index in [-0.39, 0.29) is 5.92 Å². The predicted octanol–water partition coefficient (Wildman–Crippen LogP) is 1.25. The number of carbonyl (C=O) groups excluding carboxylic acids is 1. The molecule has 0 aromatic heterocycles. The lowest BCUT2D eigenvalue weighted by atomic mass is 9.90. The molecule has 0 aliphatic rings. The summed E-state index contributed by atoms with van der Waals surface area (Å²) in [6, 6.07) is 9.91. The molecule has 0 aliphatic carbocycles. The fourth-order valence-corrected chi connectivity index (χ4v) is 1.39. The van der Waals surface area contributed by atoms with E-state index in [1.807, 2.05) is 37.3 Å². The third kappa shape index (κ3) is 2.87. The summed E-state index contributed by atoms with van der Waals surface area (Å²) < 4.78 is 0. The van der Waals surface area contributed by atoms with E-state index in [9.17, 15) is 9.90 Å². The molecule has 0 fully saturated rings. The Morgan fingerprint density at radius 1 is 1.29 bits per heavy atom. The van der Waals surface area contributed by atoms with Crippen LogP contribution in [0.25, 0.3) is 0 Å². The van der Waals surface area contributed by atoms with E-state index in [0.29, 0.717) is 0 Å². The summed E-state index contributed by atoms with van der Waals surface area (Å²) in [6.45, 7) is 3.64. The summed E-state index contributed by atoms with van der Waals surface area (Å²) in [4.78, 5) is 10.6. The van der Waals surface area contributed by atoms with Gasteiger partial charge in [-0.2, -0.15) is 0 Å². The van der Waals surface area contributed by atoms with Gasteiger partial charge in [-0.1, -0.05) is 44.2 Å². The van der Waals surface area contributed by atoms with Crippen LogP contribution in [0.4, 0.5) is 0 Å². The van der Waals surface area contributed by atoms with Crippen LogP contribution in [-0.4, -0.2) is 5.97 Å². The van der Waals surface area contributed by atoms with E-state index in [1.165, 1.54) is 5.56 Å². The lowest BCUT2D eigenvalue weighted by molar-refractivity contribution is -0.312. The summed E-state index contributed by atoms with van der Waals surface area (Å²) in [5.41, 5.74) is 1.17. The summed E-state index contributed by atoms with van der Waals surface area (Å²) in [5, 5.41) is 10.6. The van der Waals surface area contributed by atoms with Crippen LogP contribution in [0.3, 0.4) is 0 Å². The van der Waals surface area contributed by atoms with Gasteiger partial charge in [-0.25, -0.2) is 0 Å². The van der Waals surface area contributed by atoms with Gasteiger partial charge in [0.25, 0.3) is 0 Å². The molecule has 0 saturated heterocycles. The van der Waals surface area contributed by atoms with Gasteiger partial charge in [-0.15, -0.1) is 0 Å². The monoisotopic (exact) mass is 191 g/mol. The van der Waals surface area contributed by atoms with E-state index in [4.69, 9.17) is 0 Å². The maximum Gasteiger partial charge on any atom is 0.0445 e. The van der Waals surface area contributed by atoms with Crippen LogP contribution in [0, 0.1) is 11.8 Å². The second-order valence-corrected chi connectivity index (χ2v) is 3.77. The zero-order valence-corrected chi connectivity index (χ0v) is 8.57. The maximum absolute atomic E-state index is 10.6. The Kier molecular flexibility index (Phi) is 3.69. The largest absolute Gasteiger partial charge is 0.550 e. The zero-order chi connectivity index (χ0) is 10.6. The first-order valence-electron chi connectivity index (χ1n) is 4.86. The molecule has 1 aromatic carbocycles. The number of rotatable bonds is 4. The topological polar surface area (TPSA) is 40.1 Å². The summed E-state index contributed by atoms with van der Waals surface area (Å²) in [6.07, 6.45) is 0.788. The Labute approximate surface area is 84.6 Å². The molecule has 1 rings (SSSR count). The minimum atomic E-state index is -0.964. The first-order chi connectivity index (χ1) is 6.61. The molecule has 0 bridgehead atoms. The van der Waals surface area contributed by atoms with Crippen LogP contribution in [0.1, 0.15) is 19.4 Å². The van der Waals surface area contributed by atoms with Crippen molar-refractivity contribution < 1.29 is 9.90 Å². The number of carbonyl (C=O) groups is 1. The van der Waals surface area contributed by atoms with Gasteiger partial charge in [0.15, 0.2) is 0 Å². The van der Waals surface area contributed by atoms with Crippen LogP contribution < -0.4 is 5.11 Å². The lowest BCUT2D eigenvalue weighted by Gasteiger charge is -2.20. The minimum Gasteiger partial charge on any atom is -0.550 e. The molecule has 0 aliphatic heterocycles. The van der Waals surface area contributed by atoms with Crippen LogP contribution >= 0.6 is 0 Å². The Balaban J connectivity index is 2.57. The van der Waals surface area contributed by atoms with Gasteiger partial charge >= 0.3 is 0 Å². The molecular formula is C12H15O2-. The van der Waals surface area contributed by atoms with Crippen molar-refractivity contribution in [2.45, 2.75) is 20.3 Å². The van der Waals surface area contributed by atoms with E-state index in [0.717, 1.165) is 6.42 Å². The molecule has 14 heavy (non-hydrogen) atoms. The number of hydrogen-bond donors (Lipinski definition) is 0. The highest BCUT2D eigenvalue weighted by molar-refractivity contribution is 5.67. The summed E-state index contributed by atoms with van der Waals surface area (Å²) >= 11 is 0. The number of aliphatic carboxylic acids is 1. The predicted molar refractivity (Wildman–Crippen MR) is 53.5 cm³/mol. The number of hydrogen-bond acceptors (Lipinski definition) is 2.